The van der Waals surface area contributed by atoms with E-state index in [2.05, 4.69) is 9.97 Å². The molecule has 0 radical (unpaired) electrons. The van der Waals surface area contributed by atoms with Gasteiger partial charge in [0.1, 0.15) is 5.82 Å². The van der Waals surface area contributed by atoms with Gasteiger partial charge in [0.05, 0.1) is 24.6 Å². The second-order valence-electron chi connectivity index (χ2n) is 7.34. The lowest BCUT2D eigenvalue weighted by Gasteiger charge is -2.34. The average Bonchev–Trinajstić information content (AvgIpc) is 2.78. The van der Waals surface area contributed by atoms with E-state index in [4.69, 9.17) is 15.2 Å². The van der Waals surface area contributed by atoms with Gasteiger partial charge in [0.2, 0.25) is 16.0 Å². The molecule has 3 aromatic rings. The van der Waals surface area contributed by atoms with E-state index in [0.717, 1.165) is 5.56 Å². The molecule has 32 heavy (non-hydrogen) atoms. The Bertz CT molecular complexity index is 1210. The molecule has 0 bridgehead atoms. The van der Waals surface area contributed by atoms with Crippen LogP contribution in [0.15, 0.2) is 41.3 Å². The van der Waals surface area contributed by atoms with Crippen molar-refractivity contribution in [3.8, 4) is 11.5 Å². The van der Waals surface area contributed by atoms with Gasteiger partial charge >= 0.3 is 0 Å². The molecule has 1 aliphatic heterocycles. The Hall–Kier alpha value is -2.82. The third kappa shape index (κ3) is 4.38. The molecule has 1 fully saturated rings. The monoisotopic (exact) mass is 479 g/mol. The smallest absolute Gasteiger partial charge is 0.243 e. The number of piperazine rings is 1. The second-order valence-corrected chi connectivity index (χ2v) is 9.28. The number of aromatic nitrogens is 2. The highest BCUT2D eigenvalue weighted by Gasteiger charge is 2.29. The molecule has 0 amide bonds. The maximum Gasteiger partial charge on any atom is 0.243 e. The Morgan fingerprint density at radius 3 is 2.12 bits per heavy atom. The number of hydrogen-bond donors (Lipinski definition) is 1. The summed E-state index contributed by atoms with van der Waals surface area (Å²) < 4.78 is 38.0. The summed E-state index contributed by atoms with van der Waals surface area (Å²) in [4.78, 5) is 11.3. The van der Waals surface area contributed by atoms with Crippen LogP contribution in [0, 0.1) is 6.92 Å². The van der Waals surface area contributed by atoms with Gasteiger partial charge in [0.25, 0.3) is 0 Å². The summed E-state index contributed by atoms with van der Waals surface area (Å²) in [5.41, 5.74) is 7.83. The maximum absolute atomic E-state index is 12.9. The number of nitrogens with two attached hydrogens (primary N) is 1. The highest BCUT2D eigenvalue weighted by Crippen LogP contribution is 2.34. The molecule has 11 heteroatoms. The van der Waals surface area contributed by atoms with Gasteiger partial charge in [-0.15, -0.1) is 12.4 Å². The number of methoxy groups -OCH3 is 2. The summed E-state index contributed by atoms with van der Waals surface area (Å²) in [7, 11) is -0.420. The molecule has 0 aliphatic carbocycles. The summed E-state index contributed by atoms with van der Waals surface area (Å²) in [6.07, 6.45) is 0. The number of nitrogen functional groups attached to an aromatic ring is 1. The van der Waals surface area contributed by atoms with Gasteiger partial charge in [0.15, 0.2) is 11.5 Å². The summed E-state index contributed by atoms with van der Waals surface area (Å²) in [5, 5.41) is 0.669. The Morgan fingerprint density at radius 1 is 0.938 bits per heavy atom. The Morgan fingerprint density at radius 2 is 1.53 bits per heavy atom. The summed E-state index contributed by atoms with van der Waals surface area (Å²) in [6, 6.07) is 10.4. The number of aryl methyl sites for hydroxylation is 1. The standard InChI is InChI=1S/C21H25N5O4S.ClH/c1-14-4-6-15(7-5-14)31(27,28)26-10-8-25(9-11-26)21-23-17-13-19(30-3)18(29-2)12-16(17)20(22)24-21;/h4-7,12-13H,8-11H2,1-3H3,(H2,22,23,24);1H. The lowest BCUT2D eigenvalue weighted by atomic mass is 10.2. The molecule has 0 unspecified atom stereocenters. The number of sulfonamides is 1. The van der Waals surface area contributed by atoms with E-state index in [0.29, 0.717) is 65.2 Å². The van der Waals surface area contributed by atoms with Gasteiger partial charge < -0.3 is 20.1 Å². The average molecular weight is 480 g/mol. The SMILES string of the molecule is COc1cc2nc(N3CCN(S(=O)(=O)c4ccc(C)cc4)CC3)nc(N)c2cc1OC.Cl. The lowest BCUT2D eigenvalue weighted by Crippen LogP contribution is -2.49. The van der Waals surface area contributed by atoms with E-state index in [1.807, 2.05) is 11.8 Å². The van der Waals surface area contributed by atoms with E-state index in [-0.39, 0.29) is 12.4 Å². The van der Waals surface area contributed by atoms with E-state index in [1.54, 1.807) is 50.6 Å². The van der Waals surface area contributed by atoms with Crippen LogP contribution >= 0.6 is 12.4 Å². The van der Waals surface area contributed by atoms with E-state index < -0.39 is 10.0 Å². The third-order valence-electron chi connectivity index (χ3n) is 5.40. The van der Waals surface area contributed by atoms with Gasteiger partial charge in [-0.05, 0) is 25.1 Å². The van der Waals surface area contributed by atoms with Crippen LogP contribution in [0.5, 0.6) is 11.5 Å². The van der Waals surface area contributed by atoms with Crippen LogP contribution in [-0.2, 0) is 10.0 Å². The van der Waals surface area contributed by atoms with Gasteiger partial charge in [0, 0.05) is 37.6 Å². The van der Waals surface area contributed by atoms with Crippen LogP contribution in [0.25, 0.3) is 10.9 Å². The normalized spacial score (nSPS) is 14.8. The number of hydrogen-bond acceptors (Lipinski definition) is 8. The molecule has 0 saturated carbocycles. The van der Waals surface area contributed by atoms with Crippen LogP contribution in [0.1, 0.15) is 5.56 Å². The quantitative estimate of drug-likeness (QED) is 0.594. The predicted molar refractivity (Wildman–Crippen MR) is 126 cm³/mol. The van der Waals surface area contributed by atoms with Crippen molar-refractivity contribution in [3.63, 3.8) is 0 Å². The minimum atomic E-state index is -3.53. The van der Waals surface area contributed by atoms with Gasteiger partial charge in [-0.25, -0.2) is 13.4 Å². The fraction of sp³-hybridized carbons (Fsp3) is 0.333. The molecular weight excluding hydrogens is 454 g/mol. The van der Waals surface area contributed by atoms with Crippen molar-refractivity contribution in [1.82, 2.24) is 14.3 Å². The number of ether oxygens (including phenoxy) is 2. The second kappa shape index (κ2) is 9.35. The number of nitrogens with zero attached hydrogens (tertiary/aromatic N) is 4. The molecule has 2 aromatic carbocycles. The summed E-state index contributed by atoms with van der Waals surface area (Å²) in [6.45, 7) is 3.52. The van der Waals surface area contributed by atoms with Gasteiger partial charge in [-0.1, -0.05) is 17.7 Å². The fourth-order valence-electron chi connectivity index (χ4n) is 3.60. The molecule has 4 rings (SSSR count). The first-order chi connectivity index (χ1) is 14.8. The van der Waals surface area contributed by atoms with Crippen molar-refractivity contribution in [1.29, 1.82) is 0 Å². The summed E-state index contributed by atoms with van der Waals surface area (Å²) >= 11 is 0. The number of benzene rings is 2. The molecule has 1 aromatic heterocycles. The van der Waals surface area contributed by atoms with Gasteiger partial charge in [-0.2, -0.15) is 9.29 Å². The van der Waals surface area contributed by atoms with Crippen molar-refractivity contribution >= 4 is 45.1 Å². The Labute approximate surface area is 193 Å². The summed E-state index contributed by atoms with van der Waals surface area (Å²) in [5.74, 6) is 1.89. The highest BCUT2D eigenvalue weighted by atomic mass is 35.5. The van der Waals surface area contributed by atoms with Crippen LogP contribution < -0.4 is 20.1 Å². The van der Waals surface area contributed by atoms with Crippen molar-refractivity contribution < 1.29 is 17.9 Å². The zero-order chi connectivity index (χ0) is 22.2. The van der Waals surface area contributed by atoms with Crippen LogP contribution in [-0.4, -0.2) is 63.1 Å². The molecule has 0 spiro atoms. The predicted octanol–water partition coefficient (Wildman–Crippen LogP) is 2.47. The fourth-order valence-corrected chi connectivity index (χ4v) is 5.02. The number of anilines is 2. The third-order valence-corrected chi connectivity index (χ3v) is 7.31. The van der Waals surface area contributed by atoms with Crippen molar-refractivity contribution in [2.75, 3.05) is 51.0 Å². The molecule has 1 saturated heterocycles. The Kier molecular flexibility index (Phi) is 6.97. The maximum atomic E-state index is 12.9. The molecule has 1 aliphatic rings. The minimum Gasteiger partial charge on any atom is -0.493 e. The van der Waals surface area contributed by atoms with Gasteiger partial charge in [-0.3, -0.25) is 0 Å². The Balaban J connectivity index is 0.00000289. The highest BCUT2D eigenvalue weighted by molar-refractivity contribution is 7.89. The molecule has 9 nitrogen and oxygen atoms in total. The number of halogens is 1. The lowest BCUT2D eigenvalue weighted by molar-refractivity contribution is 0.356. The molecule has 0 atom stereocenters. The van der Waals surface area contributed by atoms with Crippen molar-refractivity contribution in [3.05, 3.63) is 42.0 Å². The first kappa shape index (κ1) is 23.8. The van der Waals surface area contributed by atoms with E-state index in [1.165, 1.54) is 4.31 Å². The first-order valence-electron chi connectivity index (χ1n) is 9.84. The molecular formula is C21H26ClN5O4S. The molecule has 172 valence electrons. The van der Waals surface area contributed by atoms with Crippen LogP contribution in [0.2, 0.25) is 0 Å². The van der Waals surface area contributed by atoms with Crippen LogP contribution in [0.3, 0.4) is 0 Å². The zero-order valence-corrected chi connectivity index (χ0v) is 19.7. The van der Waals surface area contributed by atoms with Crippen LogP contribution in [0.4, 0.5) is 11.8 Å². The number of fused-ring (bicyclic) bond motifs is 1. The van der Waals surface area contributed by atoms with E-state index >= 15 is 0 Å². The molecule has 2 heterocycles. The molecule has 2 N–H and O–H groups in total. The zero-order valence-electron chi connectivity index (χ0n) is 18.1. The van der Waals surface area contributed by atoms with E-state index in [9.17, 15) is 8.42 Å². The van der Waals surface area contributed by atoms with Crippen molar-refractivity contribution in [2.45, 2.75) is 11.8 Å². The van der Waals surface area contributed by atoms with Crippen molar-refractivity contribution in [2.24, 2.45) is 0 Å². The topological polar surface area (TPSA) is 111 Å². The minimum absolute atomic E-state index is 0. The number of rotatable bonds is 5. The first-order valence-corrected chi connectivity index (χ1v) is 11.3. The largest absolute Gasteiger partial charge is 0.493 e.